The van der Waals surface area contributed by atoms with Crippen LogP contribution in [0.2, 0.25) is 0 Å². The van der Waals surface area contributed by atoms with E-state index in [1.807, 2.05) is 49.4 Å². The van der Waals surface area contributed by atoms with Crippen LogP contribution in [0.4, 0.5) is 5.69 Å². The molecule has 25 heavy (non-hydrogen) atoms. The average molecular weight is 334 g/mol. The van der Waals surface area contributed by atoms with Gasteiger partial charge in [-0.1, -0.05) is 35.5 Å². The fourth-order valence-electron chi connectivity index (χ4n) is 3.35. The zero-order chi connectivity index (χ0) is 17.4. The summed E-state index contributed by atoms with van der Waals surface area (Å²) in [5, 5.41) is 4.00. The molecular formula is C20H18N2O3. The van der Waals surface area contributed by atoms with E-state index in [2.05, 4.69) is 11.2 Å². The molecule has 0 spiro atoms. The van der Waals surface area contributed by atoms with E-state index in [-0.39, 0.29) is 11.9 Å². The summed E-state index contributed by atoms with van der Waals surface area (Å²) in [4.78, 5) is 14.8. The predicted octanol–water partition coefficient (Wildman–Crippen LogP) is 3.94. The van der Waals surface area contributed by atoms with Crippen LogP contribution in [0.1, 0.15) is 23.0 Å². The Balaban J connectivity index is 1.68. The van der Waals surface area contributed by atoms with Gasteiger partial charge in [-0.3, -0.25) is 4.79 Å². The summed E-state index contributed by atoms with van der Waals surface area (Å²) in [5.41, 5.74) is 3.19. The fraction of sp³-hybridized carbons (Fsp3) is 0.200. The number of para-hydroxylation sites is 2. The lowest BCUT2D eigenvalue weighted by Gasteiger charge is -2.21. The van der Waals surface area contributed by atoms with E-state index < -0.39 is 0 Å². The monoisotopic (exact) mass is 334 g/mol. The Morgan fingerprint density at radius 1 is 1.20 bits per heavy atom. The van der Waals surface area contributed by atoms with Crippen LogP contribution in [-0.2, 0) is 6.42 Å². The molecular weight excluding hydrogens is 316 g/mol. The van der Waals surface area contributed by atoms with Crippen molar-refractivity contribution in [1.29, 1.82) is 0 Å². The summed E-state index contributed by atoms with van der Waals surface area (Å²) in [6.07, 6.45) is 0.846. The van der Waals surface area contributed by atoms with Gasteiger partial charge in [0.05, 0.1) is 12.7 Å². The number of hydrogen-bond acceptors (Lipinski definition) is 4. The maximum atomic E-state index is 13.0. The molecule has 5 nitrogen and oxygen atoms in total. The van der Waals surface area contributed by atoms with Crippen LogP contribution in [0.25, 0.3) is 11.3 Å². The number of carbonyl (C=O) groups is 1. The zero-order valence-electron chi connectivity index (χ0n) is 14.1. The topological polar surface area (TPSA) is 55.6 Å². The van der Waals surface area contributed by atoms with Gasteiger partial charge < -0.3 is 14.2 Å². The van der Waals surface area contributed by atoms with Crippen LogP contribution in [0.15, 0.2) is 59.1 Å². The van der Waals surface area contributed by atoms with E-state index in [4.69, 9.17) is 9.26 Å². The molecule has 3 aromatic rings. The second kappa shape index (κ2) is 6.09. The molecule has 0 saturated heterocycles. The normalized spacial score (nSPS) is 15.9. The summed E-state index contributed by atoms with van der Waals surface area (Å²) in [6.45, 7) is 2.04. The van der Waals surface area contributed by atoms with E-state index in [1.165, 1.54) is 5.56 Å². The highest BCUT2D eigenvalue weighted by Gasteiger charge is 2.33. The minimum atomic E-state index is -0.151. The molecule has 0 radical (unpaired) electrons. The number of methoxy groups -OCH3 is 1. The lowest BCUT2D eigenvalue weighted by molar-refractivity contribution is 0.0973. The maximum absolute atomic E-state index is 13.0. The Hall–Kier alpha value is -3.08. The number of benzene rings is 2. The van der Waals surface area contributed by atoms with Gasteiger partial charge in [0.1, 0.15) is 5.75 Å². The van der Waals surface area contributed by atoms with Gasteiger partial charge in [0.15, 0.2) is 11.5 Å². The van der Waals surface area contributed by atoms with Gasteiger partial charge in [-0.2, -0.15) is 0 Å². The first-order valence-electron chi connectivity index (χ1n) is 8.20. The average Bonchev–Trinajstić information content (AvgIpc) is 3.25. The van der Waals surface area contributed by atoms with Crippen LogP contribution in [-0.4, -0.2) is 24.2 Å². The van der Waals surface area contributed by atoms with E-state index in [0.29, 0.717) is 17.2 Å². The first kappa shape index (κ1) is 15.4. The smallest absolute Gasteiger partial charge is 0.280 e. The van der Waals surface area contributed by atoms with Crippen molar-refractivity contribution < 1.29 is 14.1 Å². The van der Waals surface area contributed by atoms with Crippen molar-refractivity contribution >= 4 is 11.6 Å². The molecule has 0 bridgehead atoms. The lowest BCUT2D eigenvalue weighted by atomic mass is 10.1. The maximum Gasteiger partial charge on any atom is 0.280 e. The van der Waals surface area contributed by atoms with Crippen molar-refractivity contribution in [3.05, 3.63) is 65.9 Å². The third kappa shape index (κ3) is 2.58. The first-order chi connectivity index (χ1) is 12.2. The summed E-state index contributed by atoms with van der Waals surface area (Å²) in [5.74, 6) is 1.04. The van der Waals surface area contributed by atoms with Crippen LogP contribution in [0.3, 0.4) is 0 Å². The number of ether oxygens (including phenoxy) is 1. The van der Waals surface area contributed by atoms with Crippen LogP contribution in [0.5, 0.6) is 5.75 Å². The molecule has 1 amide bonds. The van der Waals surface area contributed by atoms with Gasteiger partial charge in [0, 0.05) is 17.8 Å². The molecule has 1 aliphatic heterocycles. The molecule has 4 rings (SSSR count). The highest BCUT2D eigenvalue weighted by Crippen LogP contribution is 2.34. The third-order valence-electron chi connectivity index (χ3n) is 4.53. The number of rotatable bonds is 3. The molecule has 1 aromatic heterocycles. The molecule has 1 aliphatic rings. The van der Waals surface area contributed by atoms with E-state index in [9.17, 15) is 4.79 Å². The quantitative estimate of drug-likeness (QED) is 0.728. The summed E-state index contributed by atoms with van der Waals surface area (Å²) in [7, 11) is 1.60. The lowest BCUT2D eigenvalue weighted by Crippen LogP contribution is -2.35. The SMILES string of the molecule is COc1ccccc1-c1cc(C(=O)N2c3ccccc3C[C@H]2C)no1. The van der Waals surface area contributed by atoms with Crippen LogP contribution < -0.4 is 9.64 Å². The van der Waals surface area contributed by atoms with Crippen molar-refractivity contribution in [3.8, 4) is 17.1 Å². The van der Waals surface area contributed by atoms with Gasteiger partial charge >= 0.3 is 0 Å². The third-order valence-corrected chi connectivity index (χ3v) is 4.53. The Labute approximate surface area is 145 Å². The van der Waals surface area contributed by atoms with Crippen molar-refractivity contribution in [1.82, 2.24) is 5.16 Å². The molecule has 2 heterocycles. The molecule has 0 fully saturated rings. The van der Waals surface area contributed by atoms with Gasteiger partial charge in [-0.05, 0) is 37.1 Å². The minimum absolute atomic E-state index is 0.0938. The highest BCUT2D eigenvalue weighted by atomic mass is 16.5. The Bertz CT molecular complexity index is 932. The number of amides is 1. The number of carbonyl (C=O) groups excluding carboxylic acids is 1. The predicted molar refractivity (Wildman–Crippen MR) is 94.9 cm³/mol. The Kier molecular flexibility index (Phi) is 3.76. The van der Waals surface area contributed by atoms with E-state index >= 15 is 0 Å². The van der Waals surface area contributed by atoms with Crippen LogP contribution in [0, 0.1) is 0 Å². The molecule has 5 heteroatoms. The van der Waals surface area contributed by atoms with Gasteiger partial charge in [-0.15, -0.1) is 0 Å². The number of aromatic nitrogens is 1. The molecule has 126 valence electrons. The van der Waals surface area contributed by atoms with Gasteiger partial charge in [0.25, 0.3) is 5.91 Å². The summed E-state index contributed by atoms with van der Waals surface area (Å²) < 4.78 is 10.8. The molecule has 0 N–H and O–H groups in total. The molecule has 2 aromatic carbocycles. The number of fused-ring (bicyclic) bond motifs is 1. The van der Waals surface area contributed by atoms with Gasteiger partial charge in [0.2, 0.25) is 0 Å². The van der Waals surface area contributed by atoms with E-state index in [1.54, 1.807) is 18.1 Å². The number of hydrogen-bond donors (Lipinski definition) is 0. The highest BCUT2D eigenvalue weighted by molar-refractivity contribution is 6.07. The van der Waals surface area contributed by atoms with Crippen molar-refractivity contribution in [2.24, 2.45) is 0 Å². The van der Waals surface area contributed by atoms with E-state index in [0.717, 1.165) is 17.7 Å². The second-order valence-corrected chi connectivity index (χ2v) is 6.13. The summed E-state index contributed by atoms with van der Waals surface area (Å²) >= 11 is 0. The number of nitrogens with zero attached hydrogens (tertiary/aromatic N) is 2. The van der Waals surface area contributed by atoms with Gasteiger partial charge in [-0.25, -0.2) is 0 Å². The summed E-state index contributed by atoms with van der Waals surface area (Å²) in [6, 6.07) is 17.2. The van der Waals surface area contributed by atoms with Crippen LogP contribution >= 0.6 is 0 Å². The molecule has 0 unspecified atom stereocenters. The molecule has 1 atom stereocenters. The fourth-order valence-corrected chi connectivity index (χ4v) is 3.35. The largest absolute Gasteiger partial charge is 0.496 e. The zero-order valence-corrected chi connectivity index (χ0v) is 14.1. The first-order valence-corrected chi connectivity index (χ1v) is 8.20. The molecule has 0 aliphatic carbocycles. The Morgan fingerprint density at radius 3 is 2.80 bits per heavy atom. The second-order valence-electron chi connectivity index (χ2n) is 6.13. The van der Waals surface area contributed by atoms with Crippen molar-refractivity contribution in [2.75, 3.05) is 12.0 Å². The number of anilines is 1. The van der Waals surface area contributed by atoms with Crippen molar-refractivity contribution in [2.45, 2.75) is 19.4 Å². The minimum Gasteiger partial charge on any atom is -0.496 e. The molecule has 0 saturated carbocycles. The standard InChI is InChI=1S/C20H18N2O3/c1-13-11-14-7-3-5-9-17(14)22(13)20(23)16-12-19(25-21-16)15-8-4-6-10-18(15)24-2/h3-10,12-13H,11H2,1-2H3/t13-/m1/s1. The van der Waals surface area contributed by atoms with Crippen molar-refractivity contribution in [3.63, 3.8) is 0 Å². The Morgan fingerprint density at radius 2 is 1.96 bits per heavy atom.